The van der Waals surface area contributed by atoms with E-state index >= 15 is 0 Å². The second kappa shape index (κ2) is 4.65. The van der Waals surface area contributed by atoms with E-state index in [0.717, 1.165) is 25.7 Å². The Hall–Kier alpha value is -0.710. The summed E-state index contributed by atoms with van der Waals surface area (Å²) >= 11 is 1.57. The van der Waals surface area contributed by atoms with Crippen molar-refractivity contribution in [3.8, 4) is 0 Å². The van der Waals surface area contributed by atoms with Crippen molar-refractivity contribution in [2.75, 3.05) is 5.75 Å². The molecule has 2 aliphatic rings. The van der Waals surface area contributed by atoms with E-state index in [-0.39, 0.29) is 17.2 Å². The Labute approximate surface area is 99.4 Å². The summed E-state index contributed by atoms with van der Waals surface area (Å²) in [6.07, 6.45) is 3.66. The monoisotopic (exact) mass is 242 g/mol. The van der Waals surface area contributed by atoms with Gasteiger partial charge in [0.25, 0.3) is 0 Å². The third-order valence-corrected chi connectivity index (χ3v) is 4.44. The van der Waals surface area contributed by atoms with Gasteiger partial charge in [0.1, 0.15) is 0 Å². The normalized spacial score (nSPS) is 29.4. The zero-order valence-electron chi connectivity index (χ0n) is 9.35. The van der Waals surface area contributed by atoms with Gasteiger partial charge in [0.15, 0.2) is 0 Å². The molecule has 4 nitrogen and oxygen atoms in total. The first kappa shape index (κ1) is 11.8. The SMILES string of the molecule is CCC[C@@H]1SC[C@@H](C(=O)[O-])N1C(=O)C1CC1. The third kappa shape index (κ3) is 2.19. The first-order valence-electron chi connectivity index (χ1n) is 5.79. The largest absolute Gasteiger partial charge is 0.548 e. The van der Waals surface area contributed by atoms with E-state index in [2.05, 4.69) is 0 Å². The number of hydrogen-bond donors (Lipinski definition) is 0. The molecule has 2 fully saturated rings. The molecule has 1 heterocycles. The third-order valence-electron chi connectivity index (χ3n) is 3.08. The molecule has 1 aliphatic heterocycles. The van der Waals surface area contributed by atoms with Gasteiger partial charge in [-0.05, 0) is 19.3 Å². The highest BCUT2D eigenvalue weighted by atomic mass is 32.2. The van der Waals surface area contributed by atoms with Gasteiger partial charge in [-0.2, -0.15) is 0 Å². The van der Waals surface area contributed by atoms with E-state index in [1.165, 1.54) is 0 Å². The van der Waals surface area contributed by atoms with Crippen LogP contribution in [-0.2, 0) is 9.59 Å². The summed E-state index contributed by atoms with van der Waals surface area (Å²) in [5, 5.41) is 11.0. The zero-order valence-corrected chi connectivity index (χ0v) is 10.2. The highest BCUT2D eigenvalue weighted by Gasteiger charge is 2.43. The summed E-state index contributed by atoms with van der Waals surface area (Å²) in [5.74, 6) is -0.525. The fraction of sp³-hybridized carbons (Fsp3) is 0.818. The molecule has 16 heavy (non-hydrogen) atoms. The summed E-state index contributed by atoms with van der Waals surface area (Å²) in [5.41, 5.74) is 0. The fourth-order valence-electron chi connectivity index (χ4n) is 2.05. The lowest BCUT2D eigenvalue weighted by atomic mass is 10.2. The average Bonchev–Trinajstić information content (AvgIpc) is 2.99. The van der Waals surface area contributed by atoms with Crippen molar-refractivity contribution in [2.45, 2.75) is 44.0 Å². The number of carbonyl (C=O) groups is 2. The minimum absolute atomic E-state index is 0.0256. The first-order chi connectivity index (χ1) is 7.65. The molecule has 0 unspecified atom stereocenters. The van der Waals surface area contributed by atoms with Gasteiger partial charge < -0.3 is 14.8 Å². The van der Waals surface area contributed by atoms with Gasteiger partial charge in [0.05, 0.1) is 17.4 Å². The van der Waals surface area contributed by atoms with Gasteiger partial charge in [0.2, 0.25) is 5.91 Å². The highest BCUT2D eigenvalue weighted by Crippen LogP contribution is 2.38. The van der Waals surface area contributed by atoms with Crippen molar-refractivity contribution in [1.29, 1.82) is 0 Å². The number of amides is 1. The molecule has 0 spiro atoms. The standard InChI is InChI=1S/C11H17NO3S/c1-2-3-9-12(10(13)7-4-5-7)8(6-16-9)11(14)15/h7-9H,2-6H2,1H3,(H,14,15)/p-1/t8-,9-/m0/s1. The minimum Gasteiger partial charge on any atom is -0.548 e. The molecule has 0 aromatic carbocycles. The van der Waals surface area contributed by atoms with Crippen LogP contribution in [0.25, 0.3) is 0 Å². The molecule has 5 heteroatoms. The van der Waals surface area contributed by atoms with Crippen molar-refractivity contribution < 1.29 is 14.7 Å². The van der Waals surface area contributed by atoms with Gasteiger partial charge >= 0.3 is 0 Å². The lowest BCUT2D eigenvalue weighted by Crippen LogP contribution is -2.51. The quantitative estimate of drug-likeness (QED) is 0.707. The van der Waals surface area contributed by atoms with Crippen LogP contribution in [0.4, 0.5) is 0 Å². The van der Waals surface area contributed by atoms with Crippen LogP contribution < -0.4 is 5.11 Å². The second-order valence-electron chi connectivity index (χ2n) is 4.43. The minimum atomic E-state index is -1.11. The van der Waals surface area contributed by atoms with Crippen molar-refractivity contribution >= 4 is 23.6 Å². The maximum atomic E-state index is 12.0. The number of thioether (sulfide) groups is 1. The van der Waals surface area contributed by atoms with E-state index in [1.807, 2.05) is 6.92 Å². The molecule has 0 radical (unpaired) electrons. The van der Waals surface area contributed by atoms with E-state index in [1.54, 1.807) is 16.7 Å². The smallest absolute Gasteiger partial charge is 0.227 e. The van der Waals surface area contributed by atoms with E-state index in [9.17, 15) is 14.7 Å². The number of carbonyl (C=O) groups excluding carboxylic acids is 2. The van der Waals surface area contributed by atoms with Crippen LogP contribution in [0.15, 0.2) is 0 Å². The van der Waals surface area contributed by atoms with Crippen LogP contribution in [0.2, 0.25) is 0 Å². The van der Waals surface area contributed by atoms with Crippen molar-refractivity contribution in [3.05, 3.63) is 0 Å². The summed E-state index contributed by atoms with van der Waals surface area (Å²) < 4.78 is 0. The molecular formula is C11H16NO3S-. The number of carboxylic acids is 1. The Kier molecular flexibility index (Phi) is 3.42. The molecule has 2 atom stereocenters. The molecule has 1 aliphatic carbocycles. The number of aliphatic carboxylic acids is 1. The van der Waals surface area contributed by atoms with Crippen LogP contribution in [-0.4, -0.2) is 33.9 Å². The van der Waals surface area contributed by atoms with Gasteiger partial charge in [-0.15, -0.1) is 11.8 Å². The second-order valence-corrected chi connectivity index (χ2v) is 5.64. The number of hydrogen-bond acceptors (Lipinski definition) is 4. The summed E-state index contributed by atoms with van der Waals surface area (Å²) in [4.78, 5) is 24.6. The highest BCUT2D eigenvalue weighted by molar-refractivity contribution is 8.00. The molecule has 0 N–H and O–H groups in total. The van der Waals surface area contributed by atoms with Crippen LogP contribution in [0, 0.1) is 5.92 Å². The summed E-state index contributed by atoms with van der Waals surface area (Å²) in [6.45, 7) is 2.05. The Morgan fingerprint density at radius 2 is 2.12 bits per heavy atom. The van der Waals surface area contributed by atoms with E-state index in [0.29, 0.717) is 5.75 Å². The molecule has 0 aromatic heterocycles. The number of nitrogens with zero attached hydrogens (tertiary/aromatic N) is 1. The molecule has 1 saturated carbocycles. The first-order valence-corrected chi connectivity index (χ1v) is 6.84. The Morgan fingerprint density at radius 1 is 1.44 bits per heavy atom. The molecule has 1 saturated heterocycles. The average molecular weight is 242 g/mol. The lowest BCUT2D eigenvalue weighted by molar-refractivity contribution is -0.310. The van der Waals surface area contributed by atoms with Gasteiger partial charge in [-0.3, -0.25) is 4.79 Å². The predicted molar refractivity (Wildman–Crippen MR) is 59.5 cm³/mol. The Morgan fingerprint density at radius 3 is 2.62 bits per heavy atom. The molecule has 0 aromatic rings. The van der Waals surface area contributed by atoms with Gasteiger partial charge in [0, 0.05) is 11.7 Å². The molecule has 2 rings (SSSR count). The van der Waals surface area contributed by atoms with Gasteiger partial charge in [-0.1, -0.05) is 13.3 Å². The molecule has 0 bridgehead atoms. The Balaban J connectivity index is 2.10. The van der Waals surface area contributed by atoms with Crippen molar-refractivity contribution in [2.24, 2.45) is 5.92 Å². The molecule has 1 amide bonds. The summed E-state index contributed by atoms with van der Waals surface area (Å²) in [7, 11) is 0. The predicted octanol–water partition coefficient (Wildman–Crippen LogP) is 0.216. The maximum absolute atomic E-state index is 12.0. The van der Waals surface area contributed by atoms with Crippen LogP contribution in [0.3, 0.4) is 0 Å². The maximum Gasteiger partial charge on any atom is 0.227 e. The molecule has 90 valence electrons. The van der Waals surface area contributed by atoms with Gasteiger partial charge in [-0.25, -0.2) is 0 Å². The van der Waals surface area contributed by atoms with Crippen LogP contribution >= 0.6 is 11.8 Å². The van der Waals surface area contributed by atoms with Crippen molar-refractivity contribution in [1.82, 2.24) is 4.90 Å². The van der Waals surface area contributed by atoms with E-state index in [4.69, 9.17) is 0 Å². The van der Waals surface area contributed by atoms with Crippen LogP contribution in [0.5, 0.6) is 0 Å². The zero-order chi connectivity index (χ0) is 11.7. The van der Waals surface area contributed by atoms with E-state index < -0.39 is 12.0 Å². The Bertz CT molecular complexity index is 304. The summed E-state index contributed by atoms with van der Waals surface area (Å²) in [6, 6.07) is -0.713. The topological polar surface area (TPSA) is 60.4 Å². The fourth-order valence-corrected chi connectivity index (χ4v) is 3.57. The van der Waals surface area contributed by atoms with Crippen LogP contribution in [0.1, 0.15) is 32.6 Å². The number of rotatable bonds is 4. The lowest BCUT2D eigenvalue weighted by Gasteiger charge is -2.30. The van der Waals surface area contributed by atoms with Crippen molar-refractivity contribution in [3.63, 3.8) is 0 Å². The molecular weight excluding hydrogens is 226 g/mol. The number of carboxylic acid groups (broad SMARTS) is 1.